The van der Waals surface area contributed by atoms with E-state index in [4.69, 9.17) is 10.00 Å². The number of halogens is 7. The van der Waals surface area contributed by atoms with E-state index in [9.17, 15) is 30.7 Å². The molecule has 0 amide bonds. The van der Waals surface area contributed by atoms with Crippen LogP contribution in [0.1, 0.15) is 64.4 Å². The first-order chi connectivity index (χ1) is 14.9. The fraction of sp³-hybridized carbons (Fsp3) is 0.524. The largest absolute Gasteiger partial charge is 0.419 e. The molecule has 3 nitrogen and oxygen atoms in total. The second kappa shape index (κ2) is 9.35. The predicted molar refractivity (Wildman–Crippen MR) is 102 cm³/mol. The molecule has 32 heavy (non-hydrogen) atoms. The summed E-state index contributed by atoms with van der Waals surface area (Å²) in [4.78, 5) is 4.04. The maximum Gasteiger partial charge on any atom is 0.419 e. The van der Waals surface area contributed by atoms with Gasteiger partial charge in [-0.15, -0.1) is 11.3 Å². The Labute approximate surface area is 183 Å². The van der Waals surface area contributed by atoms with Gasteiger partial charge in [-0.25, -0.2) is 9.37 Å². The molecule has 0 spiro atoms. The Bertz CT molecular complexity index is 986. The molecule has 174 valence electrons. The van der Waals surface area contributed by atoms with Crippen molar-refractivity contribution in [3.63, 3.8) is 0 Å². The molecule has 3 rings (SSSR count). The highest BCUT2D eigenvalue weighted by Crippen LogP contribution is 2.46. The van der Waals surface area contributed by atoms with Crippen LogP contribution < -0.4 is 0 Å². The molecule has 2 aromatic rings. The molecule has 1 aliphatic carbocycles. The zero-order valence-corrected chi connectivity index (χ0v) is 17.7. The molecule has 11 heteroatoms. The topological polar surface area (TPSA) is 45.9 Å². The molecule has 1 unspecified atom stereocenters. The number of aryl methyl sites for hydroxylation is 1. The van der Waals surface area contributed by atoms with E-state index in [1.165, 1.54) is 13.0 Å². The Balaban J connectivity index is 1.75. The van der Waals surface area contributed by atoms with E-state index in [1.807, 2.05) is 0 Å². The number of hydrogen-bond donors (Lipinski definition) is 0. The van der Waals surface area contributed by atoms with E-state index in [0.717, 1.165) is 23.5 Å². The molecule has 1 fully saturated rings. The van der Waals surface area contributed by atoms with Crippen molar-refractivity contribution in [3.8, 4) is 6.07 Å². The van der Waals surface area contributed by atoms with Gasteiger partial charge in [-0.2, -0.15) is 31.6 Å². The number of nitrogens with zero attached hydrogens (tertiary/aromatic N) is 2. The smallest absolute Gasteiger partial charge is 0.358 e. The molecule has 0 bridgehead atoms. The molecular weight excluding hydrogens is 461 g/mol. The summed E-state index contributed by atoms with van der Waals surface area (Å²) < 4.78 is 98.6. The number of aromatic nitrogens is 1. The highest BCUT2D eigenvalue weighted by molar-refractivity contribution is 7.11. The lowest BCUT2D eigenvalue weighted by atomic mass is 9.82. The van der Waals surface area contributed by atoms with Gasteiger partial charge in [0, 0.05) is 5.92 Å². The average molecular weight is 480 g/mol. The predicted octanol–water partition coefficient (Wildman–Crippen LogP) is 7.12. The Morgan fingerprint density at radius 1 is 1.16 bits per heavy atom. The lowest BCUT2D eigenvalue weighted by molar-refractivity contribution is -0.226. The lowest BCUT2D eigenvalue weighted by Gasteiger charge is -2.28. The van der Waals surface area contributed by atoms with Gasteiger partial charge in [-0.05, 0) is 50.3 Å². The number of alkyl halides is 6. The van der Waals surface area contributed by atoms with Crippen molar-refractivity contribution in [2.24, 2.45) is 5.92 Å². The minimum absolute atomic E-state index is 0.0778. The summed E-state index contributed by atoms with van der Waals surface area (Å²) in [6.07, 6.45) is -11.1. The molecule has 0 aliphatic heterocycles. The molecule has 1 aromatic carbocycles. The van der Waals surface area contributed by atoms with Gasteiger partial charge >= 0.3 is 12.4 Å². The molecule has 0 N–H and O–H groups in total. The third kappa shape index (κ3) is 5.59. The molecule has 1 heterocycles. The van der Waals surface area contributed by atoms with E-state index < -0.39 is 36.8 Å². The fourth-order valence-corrected chi connectivity index (χ4v) is 5.07. The van der Waals surface area contributed by atoms with Gasteiger partial charge < -0.3 is 4.74 Å². The van der Waals surface area contributed by atoms with E-state index in [2.05, 4.69) is 4.98 Å². The maximum absolute atomic E-state index is 13.7. The van der Waals surface area contributed by atoms with Crippen LogP contribution in [0.15, 0.2) is 18.2 Å². The monoisotopic (exact) mass is 480 g/mol. The van der Waals surface area contributed by atoms with Crippen molar-refractivity contribution in [1.29, 1.82) is 5.26 Å². The van der Waals surface area contributed by atoms with Crippen molar-refractivity contribution >= 4 is 11.3 Å². The SMILES string of the molecule is Cc1nc(C2CCC(C(F)(F)F)CC2)sc1C(OCc1ccc(C#N)c(F)c1)C(F)(F)F. The Hall–Kier alpha value is -2.19. The van der Waals surface area contributed by atoms with Crippen LogP contribution in [0, 0.1) is 30.0 Å². The van der Waals surface area contributed by atoms with Crippen LogP contribution in [-0.2, 0) is 11.3 Å². The van der Waals surface area contributed by atoms with Gasteiger partial charge in [0.05, 0.1) is 33.7 Å². The summed E-state index contributed by atoms with van der Waals surface area (Å²) in [6, 6.07) is 5.03. The van der Waals surface area contributed by atoms with Crippen LogP contribution >= 0.6 is 11.3 Å². The second-order valence-electron chi connectivity index (χ2n) is 7.75. The first-order valence-corrected chi connectivity index (χ1v) is 10.6. The van der Waals surface area contributed by atoms with Crippen molar-refractivity contribution in [3.05, 3.63) is 50.7 Å². The maximum atomic E-state index is 13.7. The Morgan fingerprint density at radius 2 is 1.81 bits per heavy atom. The molecular formula is C21H19F7N2OS. The Morgan fingerprint density at radius 3 is 2.34 bits per heavy atom. The molecule has 0 radical (unpaired) electrons. The van der Waals surface area contributed by atoms with Gasteiger partial charge in [0.1, 0.15) is 11.9 Å². The minimum atomic E-state index is -4.77. The summed E-state index contributed by atoms with van der Waals surface area (Å²) in [7, 11) is 0. The van der Waals surface area contributed by atoms with Crippen LogP contribution in [0.5, 0.6) is 0 Å². The molecule has 1 aliphatic rings. The molecule has 1 atom stereocenters. The van der Waals surface area contributed by atoms with E-state index >= 15 is 0 Å². The summed E-state index contributed by atoms with van der Waals surface area (Å²) in [5.74, 6) is -2.58. The van der Waals surface area contributed by atoms with Crippen LogP contribution in [0.25, 0.3) is 0 Å². The third-order valence-corrected chi connectivity index (χ3v) is 6.86. The normalized spacial score (nSPS) is 20.7. The van der Waals surface area contributed by atoms with Crippen molar-refractivity contribution in [2.75, 3.05) is 0 Å². The quantitative estimate of drug-likeness (QED) is 0.428. The van der Waals surface area contributed by atoms with Gasteiger partial charge in [-0.1, -0.05) is 6.07 Å². The Kier molecular flexibility index (Phi) is 7.15. The number of hydrogen-bond acceptors (Lipinski definition) is 4. The first-order valence-electron chi connectivity index (χ1n) is 9.81. The molecule has 1 saturated carbocycles. The zero-order valence-electron chi connectivity index (χ0n) is 16.9. The first kappa shape index (κ1) is 24.5. The number of rotatable bonds is 5. The third-order valence-electron chi connectivity index (χ3n) is 5.49. The number of nitriles is 1. The van der Waals surface area contributed by atoms with Crippen molar-refractivity contribution in [1.82, 2.24) is 4.98 Å². The van der Waals surface area contributed by atoms with E-state index in [1.54, 1.807) is 6.07 Å². The standard InChI is InChI=1S/C21H19F7N2OS/c1-11-17(32-19(30-11)13-4-6-15(7-5-13)20(23,24)25)18(21(26,27)28)31-10-12-2-3-14(9-29)16(22)8-12/h2-3,8,13,15,18H,4-7,10H2,1H3. The number of ether oxygens (including phenoxy) is 1. The summed E-state index contributed by atoms with van der Waals surface area (Å²) in [5, 5.41) is 9.12. The molecule has 1 aromatic heterocycles. The van der Waals surface area contributed by atoms with Crippen LogP contribution in [0.3, 0.4) is 0 Å². The number of thiazole rings is 1. The van der Waals surface area contributed by atoms with E-state index in [0.29, 0.717) is 5.01 Å². The molecule has 0 saturated heterocycles. The summed E-state index contributed by atoms with van der Waals surface area (Å²) in [6.45, 7) is 0.857. The highest BCUT2D eigenvalue weighted by atomic mass is 32.1. The van der Waals surface area contributed by atoms with Gasteiger partial charge in [-0.3, -0.25) is 0 Å². The average Bonchev–Trinajstić information content (AvgIpc) is 3.08. The van der Waals surface area contributed by atoms with Crippen molar-refractivity contribution < 1.29 is 35.5 Å². The highest BCUT2D eigenvalue weighted by Gasteiger charge is 2.45. The van der Waals surface area contributed by atoms with Gasteiger partial charge in [0.2, 0.25) is 0 Å². The van der Waals surface area contributed by atoms with Crippen LogP contribution in [-0.4, -0.2) is 17.3 Å². The van der Waals surface area contributed by atoms with Crippen molar-refractivity contribution in [2.45, 2.75) is 63.6 Å². The zero-order chi connectivity index (χ0) is 23.7. The summed E-state index contributed by atoms with van der Waals surface area (Å²) in [5.41, 5.74) is 0.00389. The van der Waals surface area contributed by atoms with Gasteiger partial charge in [0.25, 0.3) is 0 Å². The summed E-state index contributed by atoms with van der Waals surface area (Å²) >= 11 is 0.800. The lowest BCUT2D eigenvalue weighted by Crippen LogP contribution is -2.27. The minimum Gasteiger partial charge on any atom is -0.358 e. The van der Waals surface area contributed by atoms with Crippen LogP contribution in [0.4, 0.5) is 30.7 Å². The van der Waals surface area contributed by atoms with E-state index in [-0.39, 0.29) is 53.3 Å². The van der Waals surface area contributed by atoms with Crippen LogP contribution in [0.2, 0.25) is 0 Å². The number of benzene rings is 1. The van der Waals surface area contributed by atoms with Gasteiger partial charge in [0.15, 0.2) is 6.10 Å². The second-order valence-corrected chi connectivity index (χ2v) is 8.81. The fourth-order valence-electron chi connectivity index (χ4n) is 3.75.